The minimum atomic E-state index is -0.175. The number of hydrogen-bond donors (Lipinski definition) is 0. The summed E-state index contributed by atoms with van der Waals surface area (Å²) in [5.74, 6) is 1.60. The third kappa shape index (κ3) is 7.46. The molecule has 0 unspecified atom stereocenters. The molecule has 1 aliphatic rings. The maximum atomic E-state index is 13.4. The zero-order valence-corrected chi connectivity index (χ0v) is 20.6. The highest BCUT2D eigenvalue weighted by Gasteiger charge is 2.15. The highest BCUT2D eigenvalue weighted by Crippen LogP contribution is 2.27. The smallest absolute Gasteiger partial charge is 0.128 e. The fourth-order valence-electron chi connectivity index (χ4n) is 5.10. The first-order valence-corrected chi connectivity index (χ1v) is 13.1. The molecule has 0 atom stereocenters. The van der Waals surface area contributed by atoms with Gasteiger partial charge in [0.15, 0.2) is 0 Å². The molecule has 1 aliphatic carbocycles. The van der Waals surface area contributed by atoms with Gasteiger partial charge in [0, 0.05) is 24.7 Å². The number of aromatic nitrogens is 2. The van der Waals surface area contributed by atoms with Crippen molar-refractivity contribution in [1.29, 1.82) is 0 Å². The average Bonchev–Trinajstić information content (AvgIpc) is 2.87. The molecule has 34 heavy (non-hydrogen) atoms. The second kappa shape index (κ2) is 12.8. The lowest BCUT2D eigenvalue weighted by Gasteiger charge is -2.26. The molecule has 1 fully saturated rings. The Labute approximate surface area is 204 Å². The van der Waals surface area contributed by atoms with Gasteiger partial charge in [0.1, 0.15) is 11.6 Å². The molecule has 1 heterocycles. The van der Waals surface area contributed by atoms with E-state index in [9.17, 15) is 4.39 Å². The van der Waals surface area contributed by atoms with Crippen molar-refractivity contribution >= 4 is 0 Å². The number of benzene rings is 2. The van der Waals surface area contributed by atoms with Gasteiger partial charge in [0.2, 0.25) is 0 Å². The zero-order valence-electron chi connectivity index (χ0n) is 20.6. The molecule has 0 aliphatic heterocycles. The van der Waals surface area contributed by atoms with Crippen LogP contribution in [0.25, 0.3) is 11.3 Å². The number of hydrogen-bond acceptors (Lipinski definition) is 3. The first-order valence-electron chi connectivity index (χ1n) is 13.1. The van der Waals surface area contributed by atoms with Gasteiger partial charge in [0.05, 0.1) is 5.69 Å². The summed E-state index contributed by atoms with van der Waals surface area (Å²) >= 11 is 0. The molecule has 4 heteroatoms. The van der Waals surface area contributed by atoms with E-state index in [1.807, 2.05) is 18.3 Å². The summed E-state index contributed by atoms with van der Waals surface area (Å²) in [6.45, 7) is 5.53. The minimum Gasteiger partial charge on any atom is -0.299 e. The molecular weight excluding hydrogens is 421 g/mol. The molecule has 0 spiro atoms. The van der Waals surface area contributed by atoms with Crippen molar-refractivity contribution in [2.45, 2.75) is 71.3 Å². The van der Waals surface area contributed by atoms with E-state index in [0.717, 1.165) is 60.9 Å². The van der Waals surface area contributed by atoms with E-state index in [0.29, 0.717) is 0 Å². The van der Waals surface area contributed by atoms with Crippen LogP contribution >= 0.6 is 0 Å². The molecule has 180 valence electrons. The summed E-state index contributed by atoms with van der Waals surface area (Å²) in [5.41, 5.74) is 4.49. The van der Waals surface area contributed by atoms with Gasteiger partial charge < -0.3 is 0 Å². The van der Waals surface area contributed by atoms with Crippen LogP contribution in [0, 0.1) is 11.7 Å². The van der Waals surface area contributed by atoms with E-state index in [1.54, 1.807) is 12.1 Å². The van der Waals surface area contributed by atoms with Crippen LogP contribution in [0.3, 0.4) is 0 Å². The van der Waals surface area contributed by atoms with Gasteiger partial charge >= 0.3 is 0 Å². The highest BCUT2D eigenvalue weighted by atomic mass is 19.1. The summed E-state index contributed by atoms with van der Waals surface area (Å²) in [6, 6.07) is 17.6. The van der Waals surface area contributed by atoms with Crippen molar-refractivity contribution in [2.75, 3.05) is 13.1 Å². The van der Waals surface area contributed by atoms with Crippen LogP contribution in [0.15, 0.2) is 60.8 Å². The summed E-state index contributed by atoms with van der Waals surface area (Å²) in [5, 5.41) is 0. The first kappa shape index (κ1) is 24.5. The van der Waals surface area contributed by atoms with Crippen molar-refractivity contribution in [3.8, 4) is 11.3 Å². The summed E-state index contributed by atoms with van der Waals surface area (Å²) in [4.78, 5) is 11.9. The number of halogens is 1. The molecule has 0 saturated heterocycles. The molecule has 1 saturated carbocycles. The molecule has 3 aromatic rings. The van der Waals surface area contributed by atoms with Gasteiger partial charge in [-0.05, 0) is 73.7 Å². The predicted molar refractivity (Wildman–Crippen MR) is 138 cm³/mol. The van der Waals surface area contributed by atoms with E-state index < -0.39 is 0 Å². The molecule has 0 radical (unpaired) electrons. The summed E-state index contributed by atoms with van der Waals surface area (Å²) < 4.78 is 13.4. The van der Waals surface area contributed by atoms with Crippen LogP contribution in [0.1, 0.15) is 68.8 Å². The minimum absolute atomic E-state index is 0.175. The zero-order chi connectivity index (χ0) is 23.6. The van der Waals surface area contributed by atoms with Crippen molar-refractivity contribution < 1.29 is 4.39 Å². The van der Waals surface area contributed by atoms with Crippen LogP contribution < -0.4 is 0 Å². The molecule has 0 N–H and O–H groups in total. The molecule has 3 nitrogen and oxygen atoms in total. The number of aryl methyl sites for hydroxylation is 2. The molecule has 0 bridgehead atoms. The molecule has 0 amide bonds. The molecular formula is C30H38FN3. The van der Waals surface area contributed by atoms with E-state index in [-0.39, 0.29) is 5.82 Å². The lowest BCUT2D eigenvalue weighted by Crippen LogP contribution is -2.26. The van der Waals surface area contributed by atoms with Crippen molar-refractivity contribution in [3.63, 3.8) is 0 Å². The predicted octanol–water partition coefficient (Wildman–Crippen LogP) is 7.25. The Morgan fingerprint density at radius 2 is 1.76 bits per heavy atom. The Balaban J connectivity index is 1.33. The van der Waals surface area contributed by atoms with Gasteiger partial charge in [-0.25, -0.2) is 14.4 Å². The molecule has 1 aromatic heterocycles. The van der Waals surface area contributed by atoms with Gasteiger partial charge in [-0.1, -0.05) is 69.4 Å². The summed E-state index contributed by atoms with van der Waals surface area (Å²) in [6.07, 6.45) is 12.8. The number of nitrogens with zero attached hydrogens (tertiary/aromatic N) is 3. The van der Waals surface area contributed by atoms with Crippen LogP contribution in [0.4, 0.5) is 4.39 Å². The van der Waals surface area contributed by atoms with Crippen LogP contribution in [0.2, 0.25) is 0 Å². The van der Waals surface area contributed by atoms with Crippen LogP contribution in [-0.4, -0.2) is 28.0 Å². The first-order chi connectivity index (χ1) is 16.7. The highest BCUT2D eigenvalue weighted by molar-refractivity contribution is 5.59. The van der Waals surface area contributed by atoms with E-state index in [2.05, 4.69) is 41.1 Å². The van der Waals surface area contributed by atoms with Gasteiger partial charge in [0.25, 0.3) is 0 Å². The third-order valence-corrected chi connectivity index (χ3v) is 7.11. The van der Waals surface area contributed by atoms with Crippen molar-refractivity contribution in [1.82, 2.24) is 14.9 Å². The van der Waals surface area contributed by atoms with Gasteiger partial charge in [-0.15, -0.1) is 0 Å². The van der Waals surface area contributed by atoms with Crippen LogP contribution in [0.5, 0.6) is 0 Å². The third-order valence-electron chi connectivity index (χ3n) is 7.11. The largest absolute Gasteiger partial charge is 0.299 e. The Morgan fingerprint density at radius 3 is 2.59 bits per heavy atom. The monoisotopic (exact) mass is 459 g/mol. The second-order valence-electron chi connectivity index (χ2n) is 9.70. The average molecular weight is 460 g/mol. The quantitative estimate of drug-likeness (QED) is 0.302. The van der Waals surface area contributed by atoms with Crippen LogP contribution in [-0.2, 0) is 19.4 Å². The topological polar surface area (TPSA) is 29.0 Å². The Bertz CT molecular complexity index is 1030. The van der Waals surface area contributed by atoms with E-state index in [4.69, 9.17) is 4.98 Å². The Morgan fingerprint density at radius 1 is 0.941 bits per heavy atom. The second-order valence-corrected chi connectivity index (χ2v) is 9.70. The van der Waals surface area contributed by atoms with Crippen molar-refractivity contribution in [3.05, 3.63) is 83.6 Å². The lowest BCUT2D eigenvalue weighted by molar-refractivity contribution is 0.234. The normalized spacial score (nSPS) is 14.6. The molecule has 4 rings (SSSR count). The fourth-order valence-corrected chi connectivity index (χ4v) is 5.10. The summed E-state index contributed by atoms with van der Waals surface area (Å²) in [7, 11) is 0. The van der Waals surface area contributed by atoms with Gasteiger partial charge in [-0.3, -0.25) is 4.90 Å². The fraction of sp³-hybridized carbons (Fsp3) is 0.467. The van der Waals surface area contributed by atoms with Gasteiger partial charge in [-0.2, -0.15) is 0 Å². The Hall–Kier alpha value is -2.59. The van der Waals surface area contributed by atoms with E-state index in [1.165, 1.54) is 56.7 Å². The standard InChI is InChI=1S/C30H38FN3/c1-2-34(20-18-24-9-4-3-5-10-24)23-26-13-6-14-27(21-26)29-17-19-32-30(33-29)16-8-12-25-11-7-15-28(31)22-25/h6-7,11,13-15,17,19,21-22,24H,2-5,8-10,12,16,18,20,23H2,1H3. The maximum Gasteiger partial charge on any atom is 0.128 e. The SMILES string of the molecule is CCN(CCC1CCCCC1)Cc1cccc(-c2ccnc(CCCc3cccc(F)c3)n2)c1. The maximum absolute atomic E-state index is 13.4. The molecule has 2 aromatic carbocycles. The Kier molecular flexibility index (Phi) is 9.20. The lowest BCUT2D eigenvalue weighted by atomic mass is 9.87. The number of rotatable bonds is 11. The van der Waals surface area contributed by atoms with E-state index >= 15 is 0 Å². The van der Waals surface area contributed by atoms with Crippen molar-refractivity contribution in [2.24, 2.45) is 5.92 Å².